The third-order valence-electron chi connectivity index (χ3n) is 4.64. The van der Waals surface area contributed by atoms with Gasteiger partial charge in [-0.3, -0.25) is 9.69 Å². The number of thioether (sulfide) groups is 1. The van der Waals surface area contributed by atoms with E-state index >= 15 is 0 Å². The second-order valence-corrected chi connectivity index (χ2v) is 8.34. The quantitative estimate of drug-likeness (QED) is 0.311. The lowest BCUT2D eigenvalue weighted by Crippen LogP contribution is -2.22. The highest BCUT2D eigenvalue weighted by molar-refractivity contribution is 8.26. The van der Waals surface area contributed by atoms with Gasteiger partial charge in [0.15, 0.2) is 11.5 Å². The molecule has 5 nitrogen and oxygen atoms in total. The Morgan fingerprint density at radius 1 is 1.10 bits per heavy atom. The van der Waals surface area contributed by atoms with Crippen LogP contribution in [0.2, 0.25) is 0 Å². The molecule has 0 spiro atoms. The molecule has 158 valence electrons. The average Bonchev–Trinajstić information content (AvgIpc) is 3.01. The number of carbonyl (C=O) groups is 1. The molecule has 1 aliphatic rings. The molecule has 0 N–H and O–H groups in total. The van der Waals surface area contributed by atoms with E-state index in [2.05, 4.69) is 19.1 Å². The summed E-state index contributed by atoms with van der Waals surface area (Å²) < 4.78 is 17.8. The molecule has 0 saturated carbocycles. The first-order chi connectivity index (χ1) is 14.5. The molecule has 1 fully saturated rings. The topological polar surface area (TPSA) is 48.0 Å². The van der Waals surface area contributed by atoms with E-state index in [1.54, 1.807) is 20.2 Å². The third kappa shape index (κ3) is 5.34. The van der Waals surface area contributed by atoms with Crippen molar-refractivity contribution in [3.8, 4) is 17.2 Å². The van der Waals surface area contributed by atoms with Crippen molar-refractivity contribution in [2.24, 2.45) is 0 Å². The summed E-state index contributed by atoms with van der Waals surface area (Å²) in [4.78, 5) is 14.4. The smallest absolute Gasteiger partial charge is 0.265 e. The highest BCUT2D eigenvalue weighted by Gasteiger charge is 2.29. The summed E-state index contributed by atoms with van der Waals surface area (Å²) in [6.07, 6.45) is 3.52. The Bertz CT molecular complexity index is 941. The van der Waals surface area contributed by atoms with E-state index in [-0.39, 0.29) is 5.91 Å². The van der Waals surface area contributed by atoms with Crippen molar-refractivity contribution in [1.29, 1.82) is 0 Å². The van der Waals surface area contributed by atoms with Crippen molar-refractivity contribution in [2.45, 2.75) is 19.8 Å². The normalized spacial score (nSPS) is 15.0. The zero-order valence-electron chi connectivity index (χ0n) is 17.3. The maximum Gasteiger partial charge on any atom is 0.265 e. The van der Waals surface area contributed by atoms with Crippen LogP contribution in [0, 0.1) is 0 Å². The number of nitrogens with zero attached hydrogens (tertiary/aromatic N) is 1. The molecule has 2 aromatic carbocycles. The number of para-hydroxylation sites is 1. The number of thiocarbonyl (C=S) groups is 1. The average molecular weight is 444 g/mol. The number of amides is 1. The number of benzene rings is 2. The molecule has 0 radical (unpaired) electrons. The monoisotopic (exact) mass is 443 g/mol. The van der Waals surface area contributed by atoms with E-state index in [1.807, 2.05) is 30.3 Å². The number of ether oxygens (including phenoxy) is 3. The van der Waals surface area contributed by atoms with Gasteiger partial charge in [-0.25, -0.2) is 0 Å². The Labute approximate surface area is 187 Å². The second kappa shape index (κ2) is 10.5. The molecular weight excluding hydrogens is 418 g/mol. The Morgan fingerprint density at radius 3 is 2.47 bits per heavy atom. The largest absolute Gasteiger partial charge is 0.493 e. The summed E-state index contributed by atoms with van der Waals surface area (Å²) in [6, 6.07) is 13.7. The van der Waals surface area contributed by atoms with Crippen LogP contribution in [0.5, 0.6) is 17.2 Å². The lowest BCUT2D eigenvalue weighted by Gasteiger charge is -2.14. The first-order valence-corrected chi connectivity index (χ1v) is 11.0. The van der Waals surface area contributed by atoms with E-state index in [9.17, 15) is 4.79 Å². The number of carbonyl (C=O) groups excluding carboxylic acids is 1. The Kier molecular flexibility index (Phi) is 7.76. The van der Waals surface area contributed by atoms with E-state index < -0.39 is 0 Å². The standard InChI is InChI=1S/C23H25NO4S2/c1-4-16-9-11-18(12-10-16)27-13-6-14-28-21-17(7-5-8-19(21)26-3)15-20-22(25)24(2)23(29)30-20/h5,7-12,15H,4,6,13-14H2,1-3H3/b20-15+. The van der Waals surface area contributed by atoms with E-state index in [4.69, 9.17) is 26.4 Å². The lowest BCUT2D eigenvalue weighted by molar-refractivity contribution is -0.121. The number of hydrogen-bond donors (Lipinski definition) is 0. The van der Waals surface area contributed by atoms with Crippen molar-refractivity contribution >= 4 is 40.3 Å². The fourth-order valence-corrected chi connectivity index (χ4v) is 4.06. The summed E-state index contributed by atoms with van der Waals surface area (Å²) in [5, 5.41) is 0. The molecule has 0 aromatic heterocycles. The van der Waals surface area contributed by atoms with Gasteiger partial charge in [0, 0.05) is 19.0 Å². The Balaban J connectivity index is 1.62. The van der Waals surface area contributed by atoms with Gasteiger partial charge in [-0.2, -0.15) is 0 Å². The SMILES string of the molecule is CCc1ccc(OCCCOc2c(/C=C3/SC(=S)N(C)C3=O)cccc2OC)cc1. The van der Waals surface area contributed by atoms with Gasteiger partial charge in [0.1, 0.15) is 10.1 Å². The Hall–Kier alpha value is -2.51. The molecular formula is C23H25NO4S2. The molecule has 0 aliphatic carbocycles. The van der Waals surface area contributed by atoms with Crippen LogP contribution < -0.4 is 14.2 Å². The number of rotatable bonds is 9. The molecule has 2 aromatic rings. The molecule has 1 amide bonds. The van der Waals surface area contributed by atoms with Crippen molar-refractivity contribution in [3.05, 3.63) is 58.5 Å². The van der Waals surface area contributed by atoms with Gasteiger partial charge >= 0.3 is 0 Å². The van der Waals surface area contributed by atoms with Crippen LogP contribution >= 0.6 is 24.0 Å². The summed E-state index contributed by atoms with van der Waals surface area (Å²) in [5.41, 5.74) is 2.06. The van der Waals surface area contributed by atoms with E-state index in [0.717, 1.165) is 17.7 Å². The minimum absolute atomic E-state index is 0.110. The number of aryl methyl sites for hydroxylation is 1. The zero-order valence-corrected chi connectivity index (χ0v) is 19.0. The van der Waals surface area contributed by atoms with E-state index in [1.165, 1.54) is 22.2 Å². The van der Waals surface area contributed by atoms with Crippen molar-refractivity contribution in [2.75, 3.05) is 27.4 Å². The van der Waals surface area contributed by atoms with Gasteiger partial charge in [0.05, 0.1) is 25.2 Å². The van der Waals surface area contributed by atoms with Gasteiger partial charge in [0.2, 0.25) is 0 Å². The number of likely N-dealkylation sites (N-methyl/N-ethyl adjacent to an activating group) is 1. The summed E-state index contributed by atoms with van der Waals surface area (Å²) in [6.45, 7) is 3.14. The maximum atomic E-state index is 12.3. The molecule has 3 rings (SSSR count). The van der Waals surface area contributed by atoms with E-state index in [0.29, 0.717) is 40.4 Å². The second-order valence-electron chi connectivity index (χ2n) is 6.67. The molecule has 0 unspecified atom stereocenters. The summed E-state index contributed by atoms with van der Waals surface area (Å²) in [7, 11) is 3.28. The maximum absolute atomic E-state index is 12.3. The summed E-state index contributed by atoms with van der Waals surface area (Å²) in [5.74, 6) is 1.97. The van der Waals surface area contributed by atoms with Crippen molar-refractivity contribution in [1.82, 2.24) is 4.90 Å². The van der Waals surface area contributed by atoms with Gasteiger partial charge < -0.3 is 14.2 Å². The minimum atomic E-state index is -0.110. The van der Waals surface area contributed by atoms with Crippen LogP contribution in [0.3, 0.4) is 0 Å². The highest BCUT2D eigenvalue weighted by Crippen LogP contribution is 2.37. The summed E-state index contributed by atoms with van der Waals surface area (Å²) >= 11 is 6.49. The minimum Gasteiger partial charge on any atom is -0.493 e. The molecule has 1 aliphatic heterocycles. The fourth-order valence-electron chi connectivity index (χ4n) is 2.89. The van der Waals surface area contributed by atoms with Crippen LogP contribution in [0.1, 0.15) is 24.5 Å². The Morgan fingerprint density at radius 2 is 1.83 bits per heavy atom. The van der Waals surface area contributed by atoms with Gasteiger partial charge in [-0.15, -0.1) is 0 Å². The van der Waals surface area contributed by atoms with Gasteiger partial charge in [-0.1, -0.05) is 55.2 Å². The predicted molar refractivity (Wildman–Crippen MR) is 125 cm³/mol. The lowest BCUT2D eigenvalue weighted by atomic mass is 10.1. The van der Waals surface area contributed by atoms with Crippen molar-refractivity contribution in [3.63, 3.8) is 0 Å². The number of hydrogen-bond acceptors (Lipinski definition) is 6. The fraction of sp³-hybridized carbons (Fsp3) is 0.304. The van der Waals surface area contributed by atoms with Crippen LogP contribution in [0.4, 0.5) is 0 Å². The van der Waals surface area contributed by atoms with Crippen LogP contribution in [-0.2, 0) is 11.2 Å². The van der Waals surface area contributed by atoms with Crippen LogP contribution in [0.15, 0.2) is 47.4 Å². The molecule has 30 heavy (non-hydrogen) atoms. The molecule has 0 bridgehead atoms. The molecule has 7 heteroatoms. The first kappa shape index (κ1) is 22.2. The first-order valence-electron chi connectivity index (χ1n) is 9.76. The van der Waals surface area contributed by atoms with Crippen LogP contribution in [-0.4, -0.2) is 42.5 Å². The molecule has 1 saturated heterocycles. The number of methoxy groups -OCH3 is 1. The van der Waals surface area contributed by atoms with Gasteiger partial charge in [-0.05, 0) is 36.3 Å². The predicted octanol–water partition coefficient (Wildman–Crippen LogP) is 4.94. The zero-order chi connectivity index (χ0) is 21.5. The third-order valence-corrected chi connectivity index (χ3v) is 6.12. The van der Waals surface area contributed by atoms with Crippen molar-refractivity contribution < 1.29 is 19.0 Å². The van der Waals surface area contributed by atoms with Gasteiger partial charge in [0.25, 0.3) is 5.91 Å². The van der Waals surface area contributed by atoms with Crippen LogP contribution in [0.25, 0.3) is 6.08 Å². The highest BCUT2D eigenvalue weighted by atomic mass is 32.2. The molecule has 0 atom stereocenters. The molecule has 1 heterocycles.